The number of hydrogen-bond acceptors (Lipinski definition) is 4. The number of benzene rings is 1. The summed E-state index contributed by atoms with van der Waals surface area (Å²) in [5.74, 6) is -0.291. The van der Waals surface area contributed by atoms with E-state index < -0.39 is 23.3 Å². The average Bonchev–Trinajstić information content (AvgIpc) is 3.40. The first-order chi connectivity index (χ1) is 12.9. The highest BCUT2D eigenvalue weighted by atomic mass is 32.2. The van der Waals surface area contributed by atoms with Gasteiger partial charge in [0.25, 0.3) is 12.3 Å². The van der Waals surface area contributed by atoms with Crippen LogP contribution in [0.15, 0.2) is 52.7 Å². The van der Waals surface area contributed by atoms with E-state index in [1.165, 1.54) is 24.4 Å². The Bertz CT molecular complexity index is 1000. The summed E-state index contributed by atoms with van der Waals surface area (Å²) < 4.78 is 39.1. The molecule has 0 bridgehead atoms. The molecule has 1 amide bonds. The fraction of sp³-hybridized carbons (Fsp3) is 0.176. The molecule has 1 aromatic heterocycles. The van der Waals surface area contributed by atoms with E-state index in [4.69, 9.17) is 5.14 Å². The van der Waals surface area contributed by atoms with Crippen LogP contribution in [-0.4, -0.2) is 26.3 Å². The van der Waals surface area contributed by atoms with Crippen molar-refractivity contribution < 1.29 is 17.8 Å². The van der Waals surface area contributed by atoms with Gasteiger partial charge in [-0.05, 0) is 48.8 Å². The number of carbonyl (C=O) groups excluding carboxylic acids is 1. The molecule has 2 aliphatic rings. The summed E-state index contributed by atoms with van der Waals surface area (Å²) in [5, 5.41) is 14.9. The standard InChI is InChI=1S/C17H15F2N5O2S/c18-15(19)14-7-13(9-1-2-9)23-16-12(8-21-24(14)16)17(25)22-10-3-5-11(6-4-10)27(20)26/h3-8,15,23H,1-2,20H2,(H,22,25). The molecule has 1 aliphatic carbocycles. The number of carbonyl (C=O) groups is 1. The number of nitrogens with zero attached hydrogens (tertiary/aromatic N) is 2. The average molecular weight is 391 g/mol. The number of amides is 1. The number of aromatic nitrogens is 2. The molecule has 0 radical (unpaired) electrons. The molecule has 1 aliphatic heterocycles. The second-order valence-corrected chi connectivity index (χ2v) is 7.17. The molecular formula is C17H15F2N5O2S. The Labute approximate surface area is 155 Å². The lowest BCUT2D eigenvalue weighted by Gasteiger charge is -2.20. The van der Waals surface area contributed by atoms with E-state index in [9.17, 15) is 17.8 Å². The lowest BCUT2D eigenvalue weighted by Crippen LogP contribution is -2.20. The van der Waals surface area contributed by atoms with E-state index >= 15 is 0 Å². The highest BCUT2D eigenvalue weighted by Crippen LogP contribution is 2.38. The lowest BCUT2D eigenvalue weighted by atomic mass is 10.2. The van der Waals surface area contributed by atoms with E-state index in [1.807, 2.05) is 0 Å². The maximum absolute atomic E-state index is 13.4. The van der Waals surface area contributed by atoms with Crippen molar-refractivity contribution in [1.29, 1.82) is 0 Å². The van der Waals surface area contributed by atoms with Crippen molar-refractivity contribution >= 4 is 34.1 Å². The maximum atomic E-state index is 13.4. The summed E-state index contributed by atoms with van der Waals surface area (Å²) in [6.07, 6.45) is 1.60. The summed E-state index contributed by atoms with van der Waals surface area (Å²) in [6, 6.07) is 6.18. The van der Waals surface area contributed by atoms with Crippen LogP contribution in [0.2, 0.25) is 0 Å². The van der Waals surface area contributed by atoms with Gasteiger partial charge in [0.05, 0.1) is 11.1 Å². The number of halogens is 2. The Morgan fingerprint density at radius 3 is 2.59 bits per heavy atom. The number of nitrogens with one attached hydrogen (secondary N) is 2. The first-order valence-corrected chi connectivity index (χ1v) is 9.30. The van der Waals surface area contributed by atoms with Crippen molar-refractivity contribution in [3.05, 3.63) is 53.4 Å². The summed E-state index contributed by atoms with van der Waals surface area (Å²) in [7, 11) is -1.61. The quantitative estimate of drug-likeness (QED) is 0.746. The molecule has 140 valence electrons. The number of anilines is 2. The third-order valence-electron chi connectivity index (χ3n) is 4.25. The van der Waals surface area contributed by atoms with Crippen molar-refractivity contribution in [3.8, 4) is 0 Å². The Balaban J connectivity index is 1.62. The zero-order valence-corrected chi connectivity index (χ0v) is 14.7. The largest absolute Gasteiger partial charge is 0.339 e. The Morgan fingerprint density at radius 1 is 1.30 bits per heavy atom. The number of rotatable bonds is 4. The molecule has 10 heteroatoms. The molecule has 2 aromatic rings. The van der Waals surface area contributed by atoms with Crippen molar-refractivity contribution in [2.45, 2.75) is 24.2 Å². The van der Waals surface area contributed by atoms with E-state index in [1.54, 1.807) is 12.1 Å². The fourth-order valence-corrected chi connectivity index (χ4v) is 3.16. The number of alkyl halides is 2. The molecule has 1 saturated carbocycles. The maximum Gasteiger partial charge on any atom is 0.280 e. The molecule has 4 N–H and O–H groups in total. The molecule has 1 aromatic carbocycles. The van der Waals surface area contributed by atoms with Gasteiger partial charge in [-0.3, -0.25) is 4.79 Å². The highest BCUT2D eigenvalue weighted by Gasteiger charge is 2.30. The van der Waals surface area contributed by atoms with E-state index in [2.05, 4.69) is 15.7 Å². The predicted octanol–water partition coefficient (Wildman–Crippen LogP) is 2.70. The molecular weight excluding hydrogens is 376 g/mol. The van der Waals surface area contributed by atoms with Crippen LogP contribution in [0, 0.1) is 0 Å². The minimum atomic E-state index is -2.72. The number of hydrogen-bond donors (Lipinski definition) is 3. The number of nitrogens with two attached hydrogens (primary N) is 1. The van der Waals surface area contributed by atoms with Crippen molar-refractivity contribution in [2.24, 2.45) is 5.14 Å². The third-order valence-corrected chi connectivity index (χ3v) is 4.99. The third kappa shape index (κ3) is 3.40. The smallest absolute Gasteiger partial charge is 0.280 e. The highest BCUT2D eigenvalue weighted by molar-refractivity contribution is 7.82. The van der Waals surface area contributed by atoms with Gasteiger partial charge in [0.2, 0.25) is 0 Å². The minimum Gasteiger partial charge on any atom is -0.339 e. The number of allylic oxidation sites excluding steroid dienone is 3. The first kappa shape index (κ1) is 17.6. The zero-order chi connectivity index (χ0) is 19.1. The fourth-order valence-electron chi connectivity index (χ4n) is 2.75. The van der Waals surface area contributed by atoms with Gasteiger partial charge in [-0.1, -0.05) is 0 Å². The van der Waals surface area contributed by atoms with Gasteiger partial charge in [0.15, 0.2) is 0 Å². The normalized spacial score (nSPS) is 16.5. The first-order valence-electron chi connectivity index (χ1n) is 8.09. The second-order valence-electron chi connectivity index (χ2n) is 6.11. The van der Waals surface area contributed by atoms with Crippen LogP contribution >= 0.6 is 0 Å². The summed E-state index contributed by atoms with van der Waals surface area (Å²) in [5.41, 5.74) is 1.97. The molecule has 0 saturated heterocycles. The topological polar surface area (TPSA) is 102 Å². The Kier molecular flexibility index (Phi) is 4.36. The van der Waals surface area contributed by atoms with E-state index in [0.29, 0.717) is 16.3 Å². The second kappa shape index (κ2) is 6.71. The zero-order valence-electron chi connectivity index (χ0n) is 13.9. The van der Waals surface area contributed by atoms with Crippen LogP contribution in [0.1, 0.15) is 23.2 Å². The van der Waals surface area contributed by atoms with Gasteiger partial charge in [-0.15, -0.1) is 0 Å². The summed E-state index contributed by atoms with van der Waals surface area (Å²) in [6.45, 7) is 0. The van der Waals surface area contributed by atoms with Gasteiger partial charge in [0, 0.05) is 11.4 Å². The van der Waals surface area contributed by atoms with Crippen LogP contribution in [0.3, 0.4) is 0 Å². The lowest BCUT2D eigenvalue weighted by molar-refractivity contribution is 0.102. The van der Waals surface area contributed by atoms with Crippen LogP contribution in [0.4, 0.5) is 20.3 Å². The van der Waals surface area contributed by atoms with Crippen molar-refractivity contribution in [1.82, 2.24) is 9.78 Å². The van der Waals surface area contributed by atoms with Crippen LogP contribution in [-0.2, 0) is 11.0 Å². The molecule has 4 rings (SSSR count). The number of fused-ring (bicyclic) bond motifs is 1. The molecule has 1 atom stereocenters. The van der Waals surface area contributed by atoms with Crippen molar-refractivity contribution in [3.63, 3.8) is 0 Å². The van der Waals surface area contributed by atoms with Crippen molar-refractivity contribution in [2.75, 3.05) is 10.6 Å². The molecule has 1 fully saturated rings. The van der Waals surface area contributed by atoms with Crippen LogP contribution in [0.25, 0.3) is 5.70 Å². The molecule has 2 heterocycles. The minimum absolute atomic E-state index is 0.145. The summed E-state index contributed by atoms with van der Waals surface area (Å²) >= 11 is 0. The van der Waals surface area contributed by atoms with E-state index in [-0.39, 0.29) is 17.1 Å². The summed E-state index contributed by atoms with van der Waals surface area (Å²) in [4.78, 5) is 13.0. The van der Waals surface area contributed by atoms with Gasteiger partial charge < -0.3 is 10.6 Å². The van der Waals surface area contributed by atoms with E-state index in [0.717, 1.165) is 23.1 Å². The molecule has 1 unspecified atom stereocenters. The molecule has 27 heavy (non-hydrogen) atoms. The Hall–Kier alpha value is -2.85. The molecule has 0 spiro atoms. The van der Waals surface area contributed by atoms with Gasteiger partial charge in [-0.2, -0.15) is 5.10 Å². The Morgan fingerprint density at radius 2 is 2.00 bits per heavy atom. The van der Waals surface area contributed by atoms with Crippen LogP contribution < -0.4 is 15.8 Å². The monoisotopic (exact) mass is 391 g/mol. The van der Waals surface area contributed by atoms with Gasteiger partial charge in [-0.25, -0.2) is 22.8 Å². The van der Waals surface area contributed by atoms with Gasteiger partial charge >= 0.3 is 0 Å². The van der Waals surface area contributed by atoms with Gasteiger partial charge in [0.1, 0.15) is 28.1 Å². The predicted molar refractivity (Wildman–Crippen MR) is 97.4 cm³/mol. The SMILES string of the molecule is NS(=O)c1ccc(NC(=O)c2cnn3c2NC(=C2CC2)C=C3C(F)F)cc1. The molecule has 7 nitrogen and oxygen atoms in total. The van der Waals surface area contributed by atoms with Crippen LogP contribution in [0.5, 0.6) is 0 Å².